The van der Waals surface area contributed by atoms with E-state index in [9.17, 15) is 15.2 Å². The van der Waals surface area contributed by atoms with Crippen molar-refractivity contribution in [2.24, 2.45) is 0 Å². The average Bonchev–Trinajstić information content (AvgIpc) is 2.72. The van der Waals surface area contributed by atoms with Crippen LogP contribution in [0.15, 0.2) is 30.7 Å². The zero-order valence-corrected chi connectivity index (χ0v) is 10.6. The number of nitro groups is 1. The van der Waals surface area contributed by atoms with Crippen molar-refractivity contribution in [1.29, 1.82) is 0 Å². The summed E-state index contributed by atoms with van der Waals surface area (Å²) >= 11 is 0. The van der Waals surface area contributed by atoms with E-state index in [1.807, 2.05) is 0 Å². The second-order valence-electron chi connectivity index (χ2n) is 4.87. The maximum atomic E-state index is 11.0. The number of hydrogen-bond donors (Lipinski definition) is 1. The molecule has 19 heavy (non-hydrogen) atoms. The van der Waals surface area contributed by atoms with E-state index in [4.69, 9.17) is 0 Å². The van der Waals surface area contributed by atoms with Crippen molar-refractivity contribution in [1.82, 2.24) is 14.8 Å². The van der Waals surface area contributed by atoms with Gasteiger partial charge in [-0.15, -0.1) is 0 Å². The second kappa shape index (κ2) is 4.77. The van der Waals surface area contributed by atoms with Crippen LogP contribution in [0.25, 0.3) is 11.3 Å². The molecule has 0 amide bonds. The Morgan fingerprint density at radius 2 is 2.05 bits per heavy atom. The Labute approximate surface area is 109 Å². The highest BCUT2D eigenvalue weighted by Gasteiger charge is 2.23. The molecule has 0 atom stereocenters. The molecule has 100 valence electrons. The van der Waals surface area contributed by atoms with Crippen molar-refractivity contribution in [2.45, 2.75) is 26.0 Å². The van der Waals surface area contributed by atoms with Gasteiger partial charge in [-0.05, 0) is 26.0 Å². The standard InChI is InChI=1S/C12H14N4O3/c1-12(2,17)8-15-7-10(16(18)19)11(14-15)9-3-5-13-6-4-9/h3-7,17H,8H2,1-2H3. The SMILES string of the molecule is CC(C)(O)Cn1cc([N+](=O)[O-])c(-c2ccncc2)n1. The number of nitrogens with zero attached hydrogens (tertiary/aromatic N) is 4. The molecule has 2 rings (SSSR count). The predicted octanol–water partition coefficient (Wildman–Crippen LogP) is 1.62. The van der Waals surface area contributed by atoms with Crippen LogP contribution in [0, 0.1) is 10.1 Å². The van der Waals surface area contributed by atoms with E-state index in [2.05, 4.69) is 10.1 Å². The zero-order valence-electron chi connectivity index (χ0n) is 10.6. The van der Waals surface area contributed by atoms with Gasteiger partial charge in [0.05, 0.1) is 17.1 Å². The molecular weight excluding hydrogens is 248 g/mol. The van der Waals surface area contributed by atoms with E-state index in [0.29, 0.717) is 5.56 Å². The van der Waals surface area contributed by atoms with Gasteiger partial charge in [0.25, 0.3) is 0 Å². The van der Waals surface area contributed by atoms with Crippen LogP contribution in [-0.2, 0) is 6.54 Å². The quantitative estimate of drug-likeness (QED) is 0.667. The zero-order chi connectivity index (χ0) is 14.0. The van der Waals surface area contributed by atoms with E-state index in [0.717, 1.165) is 0 Å². The Hall–Kier alpha value is -2.28. The first-order valence-corrected chi connectivity index (χ1v) is 5.71. The van der Waals surface area contributed by atoms with Gasteiger partial charge >= 0.3 is 5.69 Å². The lowest BCUT2D eigenvalue weighted by molar-refractivity contribution is -0.384. The van der Waals surface area contributed by atoms with Crippen molar-refractivity contribution in [2.75, 3.05) is 0 Å². The third kappa shape index (κ3) is 3.14. The Morgan fingerprint density at radius 1 is 1.42 bits per heavy atom. The molecule has 7 heteroatoms. The summed E-state index contributed by atoms with van der Waals surface area (Å²) in [5.74, 6) is 0. The van der Waals surface area contributed by atoms with E-state index < -0.39 is 10.5 Å². The minimum atomic E-state index is -0.991. The lowest BCUT2D eigenvalue weighted by Crippen LogP contribution is -2.26. The fraction of sp³-hybridized carbons (Fsp3) is 0.333. The molecule has 0 unspecified atom stereocenters. The summed E-state index contributed by atoms with van der Waals surface area (Å²) in [5, 5.41) is 25.0. The van der Waals surface area contributed by atoms with Crippen LogP contribution in [0.2, 0.25) is 0 Å². The van der Waals surface area contributed by atoms with Crippen molar-refractivity contribution in [3.05, 3.63) is 40.8 Å². The van der Waals surface area contributed by atoms with E-state index in [1.165, 1.54) is 10.9 Å². The Balaban J connectivity index is 2.45. The highest BCUT2D eigenvalue weighted by Crippen LogP contribution is 2.28. The molecule has 0 aromatic carbocycles. The van der Waals surface area contributed by atoms with Crippen molar-refractivity contribution in [3.8, 4) is 11.3 Å². The summed E-state index contributed by atoms with van der Waals surface area (Å²) in [6.07, 6.45) is 4.43. The molecule has 0 saturated heterocycles. The highest BCUT2D eigenvalue weighted by molar-refractivity contribution is 5.68. The normalized spacial score (nSPS) is 11.5. The summed E-state index contributed by atoms with van der Waals surface area (Å²) in [7, 11) is 0. The van der Waals surface area contributed by atoms with Crippen LogP contribution in [0.5, 0.6) is 0 Å². The largest absolute Gasteiger partial charge is 0.389 e. The van der Waals surface area contributed by atoms with Gasteiger partial charge in [0.1, 0.15) is 6.20 Å². The average molecular weight is 262 g/mol. The molecule has 0 aliphatic carbocycles. The van der Waals surface area contributed by atoms with Gasteiger partial charge in [0.2, 0.25) is 0 Å². The molecule has 7 nitrogen and oxygen atoms in total. The van der Waals surface area contributed by atoms with Gasteiger partial charge < -0.3 is 5.11 Å². The Bertz CT molecular complexity index is 587. The molecule has 0 radical (unpaired) electrons. The minimum absolute atomic E-state index is 0.0875. The Kier molecular flexibility index (Phi) is 3.30. The maximum Gasteiger partial charge on any atom is 0.314 e. The van der Waals surface area contributed by atoms with Crippen molar-refractivity contribution >= 4 is 5.69 Å². The topological polar surface area (TPSA) is 94.1 Å². The van der Waals surface area contributed by atoms with Gasteiger partial charge in [-0.1, -0.05) is 0 Å². The van der Waals surface area contributed by atoms with E-state index in [-0.39, 0.29) is 17.9 Å². The molecular formula is C12H14N4O3. The fourth-order valence-corrected chi connectivity index (χ4v) is 1.74. The summed E-state index contributed by atoms with van der Waals surface area (Å²) < 4.78 is 1.38. The summed E-state index contributed by atoms with van der Waals surface area (Å²) in [6, 6.07) is 3.31. The third-order valence-corrected chi connectivity index (χ3v) is 2.44. The number of hydrogen-bond acceptors (Lipinski definition) is 5. The lowest BCUT2D eigenvalue weighted by Gasteiger charge is -2.16. The first-order chi connectivity index (χ1) is 8.87. The Morgan fingerprint density at radius 3 is 2.58 bits per heavy atom. The van der Waals surface area contributed by atoms with Crippen LogP contribution in [0.1, 0.15) is 13.8 Å². The minimum Gasteiger partial charge on any atom is -0.389 e. The predicted molar refractivity (Wildman–Crippen MR) is 68.4 cm³/mol. The van der Waals surface area contributed by atoms with Gasteiger partial charge in [0.15, 0.2) is 5.69 Å². The first kappa shape index (κ1) is 13.2. The van der Waals surface area contributed by atoms with Gasteiger partial charge in [0, 0.05) is 18.0 Å². The maximum absolute atomic E-state index is 11.0. The summed E-state index contributed by atoms with van der Waals surface area (Å²) in [5.41, 5.74) is -0.182. The van der Waals surface area contributed by atoms with Crippen molar-refractivity contribution in [3.63, 3.8) is 0 Å². The van der Waals surface area contributed by atoms with E-state index >= 15 is 0 Å². The number of pyridine rings is 1. The van der Waals surface area contributed by atoms with Crippen LogP contribution in [-0.4, -0.2) is 30.4 Å². The van der Waals surface area contributed by atoms with Gasteiger partial charge in [-0.25, -0.2) is 0 Å². The molecule has 0 saturated carbocycles. The number of aliphatic hydroxyl groups is 1. The molecule has 0 spiro atoms. The molecule has 0 fully saturated rings. The lowest BCUT2D eigenvalue weighted by atomic mass is 10.1. The van der Waals surface area contributed by atoms with Crippen molar-refractivity contribution < 1.29 is 10.0 Å². The van der Waals surface area contributed by atoms with Crippen LogP contribution in [0.3, 0.4) is 0 Å². The third-order valence-electron chi connectivity index (χ3n) is 2.44. The molecule has 0 bridgehead atoms. The first-order valence-electron chi connectivity index (χ1n) is 5.71. The highest BCUT2D eigenvalue weighted by atomic mass is 16.6. The van der Waals surface area contributed by atoms with Gasteiger partial charge in [-0.3, -0.25) is 19.8 Å². The molecule has 1 N–H and O–H groups in total. The molecule has 2 heterocycles. The smallest absolute Gasteiger partial charge is 0.314 e. The summed E-state index contributed by atoms with van der Waals surface area (Å²) in [6.45, 7) is 3.41. The number of rotatable bonds is 4. The molecule has 0 aliphatic rings. The van der Waals surface area contributed by atoms with E-state index in [1.54, 1.807) is 38.4 Å². The molecule has 2 aromatic heterocycles. The second-order valence-corrected chi connectivity index (χ2v) is 4.87. The monoisotopic (exact) mass is 262 g/mol. The van der Waals surface area contributed by atoms with Gasteiger partial charge in [-0.2, -0.15) is 5.10 Å². The molecule has 0 aliphatic heterocycles. The van der Waals surface area contributed by atoms with Crippen LogP contribution in [0.4, 0.5) is 5.69 Å². The summed E-state index contributed by atoms with van der Waals surface area (Å²) in [4.78, 5) is 14.4. The number of aromatic nitrogens is 3. The van der Waals surface area contributed by atoms with Crippen LogP contribution >= 0.6 is 0 Å². The molecule has 2 aromatic rings. The fourth-order valence-electron chi connectivity index (χ4n) is 1.74. The van der Waals surface area contributed by atoms with Crippen LogP contribution < -0.4 is 0 Å².